The van der Waals surface area contributed by atoms with E-state index in [1.165, 1.54) is 45.3 Å². The van der Waals surface area contributed by atoms with Gasteiger partial charge in [-0.15, -0.1) is 0 Å². The SMILES string of the molecule is CC(N)C(C)CN(CC1CC1)CC1CC1. The van der Waals surface area contributed by atoms with Gasteiger partial charge in [-0.25, -0.2) is 0 Å². The van der Waals surface area contributed by atoms with Crippen LogP contribution in [0.25, 0.3) is 0 Å². The summed E-state index contributed by atoms with van der Waals surface area (Å²) in [6.07, 6.45) is 5.86. The minimum atomic E-state index is 0.339. The van der Waals surface area contributed by atoms with E-state index in [0.717, 1.165) is 11.8 Å². The summed E-state index contributed by atoms with van der Waals surface area (Å²) < 4.78 is 0. The number of rotatable bonds is 7. The van der Waals surface area contributed by atoms with Crippen molar-refractivity contribution in [1.29, 1.82) is 0 Å². The van der Waals surface area contributed by atoms with Crippen LogP contribution in [0.3, 0.4) is 0 Å². The third kappa shape index (κ3) is 4.12. The molecule has 2 fully saturated rings. The zero-order chi connectivity index (χ0) is 10.8. The van der Waals surface area contributed by atoms with E-state index in [1.54, 1.807) is 0 Å². The molecule has 0 bridgehead atoms. The maximum Gasteiger partial charge on any atom is 0.00483 e. The third-order valence-corrected chi connectivity index (χ3v) is 3.87. The van der Waals surface area contributed by atoms with Crippen LogP contribution >= 0.6 is 0 Å². The first-order valence-corrected chi connectivity index (χ1v) is 6.63. The first-order valence-electron chi connectivity index (χ1n) is 6.63. The van der Waals surface area contributed by atoms with Crippen molar-refractivity contribution in [3.05, 3.63) is 0 Å². The Hall–Kier alpha value is -0.0800. The average molecular weight is 210 g/mol. The van der Waals surface area contributed by atoms with Crippen molar-refractivity contribution in [2.75, 3.05) is 19.6 Å². The van der Waals surface area contributed by atoms with Gasteiger partial charge in [-0.1, -0.05) is 6.92 Å². The van der Waals surface area contributed by atoms with Gasteiger partial charge in [0, 0.05) is 25.7 Å². The quantitative estimate of drug-likeness (QED) is 0.697. The topological polar surface area (TPSA) is 29.3 Å². The summed E-state index contributed by atoms with van der Waals surface area (Å²) in [5.41, 5.74) is 5.95. The fraction of sp³-hybridized carbons (Fsp3) is 1.00. The second kappa shape index (κ2) is 4.84. The van der Waals surface area contributed by atoms with Gasteiger partial charge in [0.1, 0.15) is 0 Å². The van der Waals surface area contributed by atoms with Crippen LogP contribution in [0, 0.1) is 17.8 Å². The highest BCUT2D eigenvalue weighted by molar-refractivity contribution is 4.83. The highest BCUT2D eigenvalue weighted by Gasteiger charge is 2.29. The van der Waals surface area contributed by atoms with Crippen molar-refractivity contribution in [2.24, 2.45) is 23.5 Å². The van der Waals surface area contributed by atoms with Crippen molar-refractivity contribution in [2.45, 2.75) is 45.6 Å². The van der Waals surface area contributed by atoms with E-state index in [9.17, 15) is 0 Å². The van der Waals surface area contributed by atoms with Gasteiger partial charge >= 0.3 is 0 Å². The van der Waals surface area contributed by atoms with Crippen molar-refractivity contribution >= 4 is 0 Å². The molecule has 0 spiro atoms. The van der Waals surface area contributed by atoms with E-state index in [-0.39, 0.29) is 0 Å². The summed E-state index contributed by atoms with van der Waals surface area (Å²) in [4.78, 5) is 2.68. The van der Waals surface area contributed by atoms with Gasteiger partial charge in [0.25, 0.3) is 0 Å². The van der Waals surface area contributed by atoms with Crippen LogP contribution < -0.4 is 5.73 Å². The second-order valence-electron chi connectivity index (χ2n) is 5.94. The molecule has 0 aliphatic heterocycles. The lowest BCUT2D eigenvalue weighted by molar-refractivity contribution is 0.209. The molecule has 2 saturated carbocycles. The molecule has 0 aromatic carbocycles. The van der Waals surface area contributed by atoms with Crippen LogP contribution in [0.1, 0.15) is 39.5 Å². The first-order chi connectivity index (χ1) is 7.15. The monoisotopic (exact) mass is 210 g/mol. The van der Waals surface area contributed by atoms with Crippen LogP contribution in [0.5, 0.6) is 0 Å². The Morgan fingerprint density at radius 2 is 1.53 bits per heavy atom. The van der Waals surface area contributed by atoms with E-state index in [2.05, 4.69) is 18.7 Å². The summed E-state index contributed by atoms with van der Waals surface area (Å²) in [7, 11) is 0. The van der Waals surface area contributed by atoms with E-state index >= 15 is 0 Å². The highest BCUT2D eigenvalue weighted by Crippen LogP contribution is 2.34. The minimum absolute atomic E-state index is 0.339. The van der Waals surface area contributed by atoms with E-state index < -0.39 is 0 Å². The molecule has 0 aromatic rings. The lowest BCUT2D eigenvalue weighted by Crippen LogP contribution is -2.38. The molecule has 0 radical (unpaired) electrons. The van der Waals surface area contributed by atoms with Gasteiger partial charge in [0.2, 0.25) is 0 Å². The largest absolute Gasteiger partial charge is 0.328 e. The van der Waals surface area contributed by atoms with Crippen LogP contribution in [0.4, 0.5) is 0 Å². The smallest absolute Gasteiger partial charge is 0.00483 e. The summed E-state index contributed by atoms with van der Waals surface area (Å²) in [5, 5.41) is 0. The van der Waals surface area contributed by atoms with Crippen LogP contribution in [-0.2, 0) is 0 Å². The summed E-state index contributed by atoms with van der Waals surface area (Å²) in [5.74, 6) is 2.68. The maximum atomic E-state index is 5.95. The number of nitrogens with zero attached hydrogens (tertiary/aromatic N) is 1. The van der Waals surface area contributed by atoms with Gasteiger partial charge in [-0.2, -0.15) is 0 Å². The zero-order valence-electron chi connectivity index (χ0n) is 10.3. The average Bonchev–Trinajstić information content (AvgIpc) is 2.98. The van der Waals surface area contributed by atoms with Crippen molar-refractivity contribution in [1.82, 2.24) is 4.90 Å². The molecule has 2 atom stereocenters. The Bertz CT molecular complexity index is 181. The van der Waals surface area contributed by atoms with E-state index in [4.69, 9.17) is 5.73 Å². The molecule has 0 aromatic heterocycles. The molecule has 0 heterocycles. The number of hydrogen-bond acceptors (Lipinski definition) is 2. The first kappa shape index (κ1) is 11.4. The molecule has 15 heavy (non-hydrogen) atoms. The predicted octanol–water partition coefficient (Wildman–Crippen LogP) is 2.09. The lowest BCUT2D eigenvalue weighted by atomic mass is 10.0. The predicted molar refractivity (Wildman–Crippen MR) is 64.7 cm³/mol. The molecular weight excluding hydrogens is 184 g/mol. The van der Waals surface area contributed by atoms with Crippen molar-refractivity contribution in [3.8, 4) is 0 Å². The number of nitrogens with two attached hydrogens (primary N) is 1. The molecule has 0 amide bonds. The van der Waals surface area contributed by atoms with Crippen LogP contribution in [0.2, 0.25) is 0 Å². The second-order valence-corrected chi connectivity index (χ2v) is 5.94. The molecule has 2 unspecified atom stereocenters. The Balaban J connectivity index is 1.74. The molecule has 88 valence electrons. The fourth-order valence-electron chi connectivity index (χ4n) is 2.13. The fourth-order valence-corrected chi connectivity index (χ4v) is 2.13. The van der Waals surface area contributed by atoms with Crippen molar-refractivity contribution < 1.29 is 0 Å². The zero-order valence-corrected chi connectivity index (χ0v) is 10.3. The lowest BCUT2D eigenvalue weighted by Gasteiger charge is -2.27. The molecule has 2 N–H and O–H groups in total. The van der Waals surface area contributed by atoms with E-state index in [1.807, 2.05) is 0 Å². The molecule has 2 nitrogen and oxygen atoms in total. The molecule has 2 heteroatoms. The van der Waals surface area contributed by atoms with Crippen LogP contribution in [-0.4, -0.2) is 30.6 Å². The van der Waals surface area contributed by atoms with Gasteiger partial charge < -0.3 is 10.6 Å². The maximum absolute atomic E-state index is 5.95. The highest BCUT2D eigenvalue weighted by atomic mass is 15.1. The number of hydrogen-bond donors (Lipinski definition) is 1. The summed E-state index contributed by atoms with van der Waals surface area (Å²) in [6, 6.07) is 0.339. The summed E-state index contributed by atoms with van der Waals surface area (Å²) in [6.45, 7) is 8.32. The van der Waals surface area contributed by atoms with Gasteiger partial charge in [0.15, 0.2) is 0 Å². The van der Waals surface area contributed by atoms with Gasteiger partial charge in [-0.05, 0) is 50.4 Å². The molecule has 2 rings (SSSR count). The molecular formula is C13H26N2. The molecule has 2 aliphatic carbocycles. The van der Waals surface area contributed by atoms with Gasteiger partial charge in [0.05, 0.1) is 0 Å². The van der Waals surface area contributed by atoms with E-state index in [0.29, 0.717) is 12.0 Å². The minimum Gasteiger partial charge on any atom is -0.328 e. The van der Waals surface area contributed by atoms with Crippen LogP contribution in [0.15, 0.2) is 0 Å². The standard InChI is InChI=1S/C13H26N2/c1-10(11(2)14)7-15(8-12-3-4-12)9-13-5-6-13/h10-13H,3-9,14H2,1-2H3. The Kier molecular flexibility index (Phi) is 3.68. The Labute approximate surface area is 94.2 Å². The van der Waals surface area contributed by atoms with Gasteiger partial charge in [-0.3, -0.25) is 0 Å². The Morgan fingerprint density at radius 3 is 1.87 bits per heavy atom. The molecule has 2 aliphatic rings. The normalized spacial score (nSPS) is 25.6. The third-order valence-electron chi connectivity index (χ3n) is 3.87. The summed E-state index contributed by atoms with van der Waals surface area (Å²) >= 11 is 0. The van der Waals surface area contributed by atoms with Crippen molar-refractivity contribution in [3.63, 3.8) is 0 Å². The molecule has 0 saturated heterocycles. The Morgan fingerprint density at radius 1 is 1.07 bits per heavy atom.